The average Bonchev–Trinajstić information content (AvgIpc) is 2.88. The Kier molecular flexibility index (Phi) is 5.39. The van der Waals surface area contributed by atoms with Crippen molar-refractivity contribution < 1.29 is 9.18 Å². The Labute approximate surface area is 165 Å². The van der Waals surface area contributed by atoms with Gasteiger partial charge in [0.1, 0.15) is 5.82 Å². The zero-order valence-corrected chi connectivity index (χ0v) is 16.2. The van der Waals surface area contributed by atoms with E-state index in [4.69, 9.17) is 28.9 Å². The molecule has 27 heavy (non-hydrogen) atoms. The summed E-state index contributed by atoms with van der Waals surface area (Å²) in [5.41, 5.74) is 9.48. The van der Waals surface area contributed by atoms with Crippen LogP contribution in [0, 0.1) is 19.7 Å². The molecule has 1 amide bonds. The first-order valence-corrected chi connectivity index (χ1v) is 8.87. The van der Waals surface area contributed by atoms with Gasteiger partial charge in [-0.2, -0.15) is 5.10 Å². The number of rotatable bonds is 4. The third-order valence-electron chi connectivity index (χ3n) is 4.21. The summed E-state index contributed by atoms with van der Waals surface area (Å²) in [6.45, 7) is 3.69. The highest BCUT2D eigenvalue weighted by Crippen LogP contribution is 2.31. The monoisotopic (exact) mass is 406 g/mol. The van der Waals surface area contributed by atoms with Crippen LogP contribution in [-0.4, -0.2) is 15.7 Å². The normalized spacial score (nSPS) is 10.9. The Hall–Kier alpha value is -2.57. The number of hydrogen-bond acceptors (Lipinski definition) is 3. The van der Waals surface area contributed by atoms with E-state index in [2.05, 4.69) is 10.4 Å². The number of hydrogen-bond donors (Lipinski definition) is 2. The Morgan fingerprint density at radius 2 is 1.78 bits per heavy atom. The summed E-state index contributed by atoms with van der Waals surface area (Å²) < 4.78 is 14.8. The SMILES string of the molecule is Cc1nn(-c2ccc(F)cc2)c(C)c1CC(=O)Nc1cc(Cl)c(N)c(Cl)c1. The van der Waals surface area contributed by atoms with Crippen LogP contribution in [0.15, 0.2) is 36.4 Å². The second kappa shape index (κ2) is 7.58. The maximum atomic E-state index is 13.1. The Bertz CT molecular complexity index is 992. The maximum Gasteiger partial charge on any atom is 0.228 e. The fourth-order valence-corrected chi connectivity index (χ4v) is 3.27. The van der Waals surface area contributed by atoms with Gasteiger partial charge < -0.3 is 11.1 Å². The smallest absolute Gasteiger partial charge is 0.228 e. The van der Waals surface area contributed by atoms with Crippen LogP contribution in [0.4, 0.5) is 15.8 Å². The molecule has 2 aromatic carbocycles. The van der Waals surface area contributed by atoms with Gasteiger partial charge in [0, 0.05) is 16.9 Å². The highest BCUT2D eigenvalue weighted by Gasteiger charge is 2.17. The summed E-state index contributed by atoms with van der Waals surface area (Å²) in [5.74, 6) is -0.558. The molecule has 8 heteroatoms. The lowest BCUT2D eigenvalue weighted by Gasteiger charge is -2.09. The summed E-state index contributed by atoms with van der Waals surface area (Å²) in [4.78, 5) is 12.5. The van der Waals surface area contributed by atoms with Gasteiger partial charge in [-0.25, -0.2) is 9.07 Å². The zero-order chi connectivity index (χ0) is 19.7. The molecule has 0 aliphatic heterocycles. The third kappa shape index (κ3) is 4.07. The van der Waals surface area contributed by atoms with E-state index < -0.39 is 0 Å². The second-order valence-corrected chi connectivity index (χ2v) is 6.93. The molecule has 0 aliphatic carbocycles. The van der Waals surface area contributed by atoms with Crippen LogP contribution in [0.1, 0.15) is 17.0 Å². The molecule has 0 atom stereocenters. The number of nitrogen functional groups attached to an aromatic ring is 1. The molecule has 3 N–H and O–H groups in total. The number of halogens is 3. The van der Waals surface area contributed by atoms with E-state index in [0.717, 1.165) is 22.6 Å². The number of carbonyl (C=O) groups excluding carboxylic acids is 1. The minimum Gasteiger partial charge on any atom is -0.396 e. The van der Waals surface area contributed by atoms with Gasteiger partial charge in [0.25, 0.3) is 0 Å². The first-order chi connectivity index (χ1) is 12.8. The van der Waals surface area contributed by atoms with E-state index in [1.54, 1.807) is 28.9 Å². The topological polar surface area (TPSA) is 72.9 Å². The minimum absolute atomic E-state index is 0.123. The summed E-state index contributed by atoms with van der Waals surface area (Å²) in [7, 11) is 0. The molecule has 140 valence electrons. The lowest BCUT2D eigenvalue weighted by Crippen LogP contribution is -2.15. The molecule has 0 saturated carbocycles. The molecule has 0 fully saturated rings. The van der Waals surface area contributed by atoms with Crippen molar-refractivity contribution in [2.24, 2.45) is 0 Å². The number of benzene rings is 2. The summed E-state index contributed by atoms with van der Waals surface area (Å²) >= 11 is 12.0. The van der Waals surface area contributed by atoms with Crippen molar-refractivity contribution in [3.8, 4) is 5.69 Å². The Balaban J connectivity index is 1.81. The zero-order valence-electron chi connectivity index (χ0n) is 14.7. The van der Waals surface area contributed by atoms with Crippen LogP contribution in [0.25, 0.3) is 5.69 Å². The molecule has 3 aromatic rings. The number of nitrogens with two attached hydrogens (primary N) is 1. The molecule has 3 rings (SSSR count). The maximum absolute atomic E-state index is 13.1. The van der Waals surface area contributed by atoms with E-state index >= 15 is 0 Å². The van der Waals surface area contributed by atoms with Crippen molar-refractivity contribution in [3.05, 3.63) is 69.2 Å². The molecule has 0 unspecified atom stereocenters. The van der Waals surface area contributed by atoms with Crippen LogP contribution >= 0.6 is 23.2 Å². The molecule has 1 heterocycles. The van der Waals surface area contributed by atoms with Gasteiger partial charge in [-0.3, -0.25) is 4.79 Å². The van der Waals surface area contributed by atoms with E-state index in [9.17, 15) is 9.18 Å². The van der Waals surface area contributed by atoms with E-state index in [1.807, 2.05) is 13.8 Å². The predicted octanol–water partition coefficient (Wildman–Crippen LogP) is 4.70. The van der Waals surface area contributed by atoms with Gasteiger partial charge in [-0.05, 0) is 50.2 Å². The van der Waals surface area contributed by atoms with Crippen molar-refractivity contribution >= 4 is 40.5 Å². The first kappa shape index (κ1) is 19.2. The van der Waals surface area contributed by atoms with Gasteiger partial charge >= 0.3 is 0 Å². The van der Waals surface area contributed by atoms with Gasteiger partial charge in [-0.1, -0.05) is 23.2 Å². The van der Waals surface area contributed by atoms with Gasteiger partial charge in [0.05, 0.1) is 33.5 Å². The Morgan fingerprint density at radius 1 is 1.19 bits per heavy atom. The average molecular weight is 407 g/mol. The standard InChI is InChI=1S/C19H17Cl2FN4O/c1-10-15(11(2)26(25-10)14-5-3-12(22)4-6-14)9-18(27)24-13-7-16(20)19(23)17(21)8-13/h3-8H,9,23H2,1-2H3,(H,24,27). The van der Waals surface area contributed by atoms with Gasteiger partial charge in [0.2, 0.25) is 5.91 Å². The number of amides is 1. The highest BCUT2D eigenvalue weighted by molar-refractivity contribution is 6.39. The van der Waals surface area contributed by atoms with Crippen LogP contribution in [0.3, 0.4) is 0 Å². The van der Waals surface area contributed by atoms with Crippen LogP contribution in [0.5, 0.6) is 0 Å². The molecule has 0 aliphatic rings. The van der Waals surface area contributed by atoms with Crippen LogP contribution < -0.4 is 11.1 Å². The fraction of sp³-hybridized carbons (Fsp3) is 0.158. The molecule has 5 nitrogen and oxygen atoms in total. The molecule has 0 bridgehead atoms. The quantitative estimate of drug-likeness (QED) is 0.616. The van der Waals surface area contributed by atoms with E-state index in [1.165, 1.54) is 12.1 Å². The number of nitrogens with one attached hydrogen (secondary N) is 1. The Morgan fingerprint density at radius 3 is 2.37 bits per heavy atom. The fourth-order valence-electron chi connectivity index (χ4n) is 2.79. The number of carbonyl (C=O) groups is 1. The third-order valence-corrected chi connectivity index (χ3v) is 4.84. The van der Waals surface area contributed by atoms with Crippen molar-refractivity contribution in [1.82, 2.24) is 9.78 Å². The number of aryl methyl sites for hydroxylation is 1. The van der Waals surface area contributed by atoms with Crippen molar-refractivity contribution in [1.29, 1.82) is 0 Å². The number of nitrogens with zero attached hydrogens (tertiary/aromatic N) is 2. The summed E-state index contributed by atoms with van der Waals surface area (Å²) in [5, 5.41) is 7.77. The van der Waals surface area contributed by atoms with Crippen molar-refractivity contribution in [2.45, 2.75) is 20.3 Å². The summed E-state index contributed by atoms with van der Waals surface area (Å²) in [6, 6.07) is 9.10. The minimum atomic E-state index is -0.319. The van der Waals surface area contributed by atoms with Gasteiger partial charge in [0.15, 0.2) is 0 Å². The summed E-state index contributed by atoms with van der Waals surface area (Å²) in [6.07, 6.45) is 0.123. The predicted molar refractivity (Wildman–Crippen MR) is 106 cm³/mol. The largest absolute Gasteiger partial charge is 0.396 e. The molecule has 0 radical (unpaired) electrons. The number of aromatic nitrogens is 2. The van der Waals surface area contributed by atoms with E-state index in [-0.39, 0.29) is 33.9 Å². The van der Waals surface area contributed by atoms with Gasteiger partial charge in [-0.15, -0.1) is 0 Å². The molecular weight excluding hydrogens is 390 g/mol. The van der Waals surface area contributed by atoms with Crippen LogP contribution in [-0.2, 0) is 11.2 Å². The molecule has 1 aromatic heterocycles. The first-order valence-electron chi connectivity index (χ1n) is 8.11. The highest BCUT2D eigenvalue weighted by atomic mass is 35.5. The van der Waals surface area contributed by atoms with Crippen molar-refractivity contribution in [3.63, 3.8) is 0 Å². The van der Waals surface area contributed by atoms with E-state index in [0.29, 0.717) is 5.69 Å². The molecular formula is C19H17Cl2FN4O. The lowest BCUT2D eigenvalue weighted by atomic mass is 10.1. The number of anilines is 2. The molecule has 0 saturated heterocycles. The van der Waals surface area contributed by atoms with Crippen molar-refractivity contribution in [2.75, 3.05) is 11.1 Å². The lowest BCUT2D eigenvalue weighted by molar-refractivity contribution is -0.115. The van der Waals surface area contributed by atoms with Crippen LogP contribution in [0.2, 0.25) is 10.0 Å². The molecule has 0 spiro atoms. The second-order valence-electron chi connectivity index (χ2n) is 6.12.